The second-order valence-corrected chi connectivity index (χ2v) is 5.16. The summed E-state index contributed by atoms with van der Waals surface area (Å²) in [5, 5.41) is 2.93. The molecule has 116 valence electrons. The fraction of sp³-hybridized carbons (Fsp3) is 0.278. The maximum Gasteiger partial charge on any atom is 0.224 e. The molecule has 4 heteroatoms. The Morgan fingerprint density at radius 3 is 2.68 bits per heavy atom. The first kappa shape index (κ1) is 15.9. The fourth-order valence-electron chi connectivity index (χ4n) is 2.26. The molecule has 2 aromatic rings. The highest BCUT2D eigenvalue weighted by Gasteiger charge is 2.07. The molecule has 0 aliphatic carbocycles. The van der Waals surface area contributed by atoms with Crippen molar-refractivity contribution >= 4 is 17.3 Å². The molecule has 0 aliphatic rings. The molecule has 0 heterocycles. The molecule has 0 saturated carbocycles. The van der Waals surface area contributed by atoms with E-state index in [-0.39, 0.29) is 5.91 Å². The first-order chi connectivity index (χ1) is 10.6. The van der Waals surface area contributed by atoms with E-state index in [0.717, 1.165) is 28.3 Å². The zero-order valence-corrected chi connectivity index (χ0v) is 13.1. The Balaban J connectivity index is 1.93. The zero-order chi connectivity index (χ0) is 15.9. The molecule has 3 N–H and O–H groups in total. The maximum atomic E-state index is 12.1. The molecule has 0 atom stereocenters. The Labute approximate surface area is 131 Å². The van der Waals surface area contributed by atoms with Crippen molar-refractivity contribution in [3.8, 4) is 5.75 Å². The molecule has 2 rings (SSSR count). The fourth-order valence-corrected chi connectivity index (χ4v) is 2.26. The van der Waals surface area contributed by atoms with Crippen LogP contribution in [0, 0.1) is 6.92 Å². The number of nitrogens with one attached hydrogen (secondary N) is 1. The minimum Gasteiger partial charge on any atom is -0.494 e. The molecule has 2 aromatic carbocycles. The second-order valence-electron chi connectivity index (χ2n) is 5.16. The number of hydrogen-bond donors (Lipinski definition) is 2. The number of benzene rings is 2. The smallest absolute Gasteiger partial charge is 0.224 e. The lowest BCUT2D eigenvalue weighted by Gasteiger charge is -2.11. The summed E-state index contributed by atoms with van der Waals surface area (Å²) in [6.07, 6.45) is 1.04. The van der Waals surface area contributed by atoms with Gasteiger partial charge in [0.2, 0.25) is 5.91 Å². The number of rotatable bonds is 6. The lowest BCUT2D eigenvalue weighted by molar-refractivity contribution is -0.116. The Hall–Kier alpha value is -2.49. The van der Waals surface area contributed by atoms with Gasteiger partial charge in [-0.1, -0.05) is 18.2 Å². The average molecular weight is 298 g/mol. The zero-order valence-electron chi connectivity index (χ0n) is 13.1. The van der Waals surface area contributed by atoms with Gasteiger partial charge in [0.25, 0.3) is 0 Å². The predicted octanol–water partition coefficient (Wildman–Crippen LogP) is 3.55. The summed E-state index contributed by atoms with van der Waals surface area (Å²) in [7, 11) is 0. The van der Waals surface area contributed by atoms with E-state index in [2.05, 4.69) is 5.32 Å². The highest BCUT2D eigenvalue weighted by atomic mass is 16.5. The van der Waals surface area contributed by atoms with Crippen molar-refractivity contribution < 1.29 is 9.53 Å². The number of ether oxygens (including phenoxy) is 1. The van der Waals surface area contributed by atoms with E-state index in [1.54, 1.807) is 0 Å². The normalized spacial score (nSPS) is 10.3. The summed E-state index contributed by atoms with van der Waals surface area (Å²) in [4.78, 5) is 12.1. The second kappa shape index (κ2) is 7.50. The highest BCUT2D eigenvalue weighted by molar-refractivity contribution is 5.91. The molecule has 4 nitrogen and oxygen atoms in total. The van der Waals surface area contributed by atoms with Crippen LogP contribution in [-0.2, 0) is 11.2 Å². The van der Waals surface area contributed by atoms with Gasteiger partial charge in [0, 0.05) is 17.8 Å². The van der Waals surface area contributed by atoms with Gasteiger partial charge in [-0.05, 0) is 55.7 Å². The largest absolute Gasteiger partial charge is 0.494 e. The van der Waals surface area contributed by atoms with Gasteiger partial charge in [-0.25, -0.2) is 0 Å². The van der Waals surface area contributed by atoms with E-state index in [0.29, 0.717) is 19.4 Å². The molecule has 0 unspecified atom stereocenters. The molecular formula is C18H22N2O2. The molecule has 0 aliphatic heterocycles. The number of hydrogen-bond acceptors (Lipinski definition) is 3. The van der Waals surface area contributed by atoms with Crippen LogP contribution in [0.3, 0.4) is 0 Å². The number of carbonyl (C=O) groups excluding carboxylic acids is 1. The highest BCUT2D eigenvalue weighted by Crippen LogP contribution is 2.22. The number of para-hydroxylation sites is 1. The molecule has 0 aromatic heterocycles. The third-order valence-corrected chi connectivity index (χ3v) is 3.46. The monoisotopic (exact) mass is 298 g/mol. The quantitative estimate of drug-likeness (QED) is 0.802. The van der Waals surface area contributed by atoms with Crippen LogP contribution in [0.25, 0.3) is 0 Å². The lowest BCUT2D eigenvalue weighted by Crippen LogP contribution is -2.13. The van der Waals surface area contributed by atoms with Crippen LogP contribution >= 0.6 is 0 Å². The van der Waals surface area contributed by atoms with Crippen LogP contribution in [0.5, 0.6) is 5.75 Å². The van der Waals surface area contributed by atoms with Crippen molar-refractivity contribution in [3.63, 3.8) is 0 Å². The van der Waals surface area contributed by atoms with E-state index < -0.39 is 0 Å². The van der Waals surface area contributed by atoms with E-state index in [9.17, 15) is 4.79 Å². The van der Waals surface area contributed by atoms with Gasteiger partial charge in [-0.2, -0.15) is 0 Å². The van der Waals surface area contributed by atoms with Crippen molar-refractivity contribution in [2.24, 2.45) is 0 Å². The van der Waals surface area contributed by atoms with Crippen LogP contribution in [0.2, 0.25) is 0 Å². The summed E-state index contributed by atoms with van der Waals surface area (Å²) in [6, 6.07) is 13.3. The van der Waals surface area contributed by atoms with Gasteiger partial charge in [0.05, 0.1) is 6.61 Å². The van der Waals surface area contributed by atoms with Crippen LogP contribution in [0.1, 0.15) is 24.5 Å². The first-order valence-electron chi connectivity index (χ1n) is 7.47. The van der Waals surface area contributed by atoms with Gasteiger partial charge < -0.3 is 15.8 Å². The van der Waals surface area contributed by atoms with Crippen LogP contribution < -0.4 is 15.8 Å². The summed E-state index contributed by atoms with van der Waals surface area (Å²) in [5.41, 5.74) is 9.41. The predicted molar refractivity (Wildman–Crippen MR) is 90.2 cm³/mol. The molecule has 22 heavy (non-hydrogen) atoms. The third kappa shape index (κ3) is 4.25. The number of nitrogens with two attached hydrogens (primary N) is 1. The van der Waals surface area contributed by atoms with E-state index in [4.69, 9.17) is 10.5 Å². The van der Waals surface area contributed by atoms with Crippen LogP contribution in [0.4, 0.5) is 11.4 Å². The Morgan fingerprint density at radius 2 is 2.00 bits per heavy atom. The minimum absolute atomic E-state index is 0.0180. The van der Waals surface area contributed by atoms with E-state index in [1.165, 1.54) is 0 Å². The molecule has 1 amide bonds. The number of carbonyl (C=O) groups is 1. The third-order valence-electron chi connectivity index (χ3n) is 3.46. The minimum atomic E-state index is -0.0180. The van der Waals surface area contributed by atoms with Gasteiger partial charge in [-0.3, -0.25) is 4.79 Å². The summed E-state index contributed by atoms with van der Waals surface area (Å²) in [5.74, 6) is 0.797. The molecule has 0 fully saturated rings. The Bertz CT molecular complexity index is 653. The van der Waals surface area contributed by atoms with Crippen molar-refractivity contribution in [1.82, 2.24) is 0 Å². The Morgan fingerprint density at radius 1 is 1.23 bits per heavy atom. The first-order valence-corrected chi connectivity index (χ1v) is 7.47. The molecule has 0 spiro atoms. The van der Waals surface area contributed by atoms with E-state index in [1.807, 2.05) is 56.3 Å². The van der Waals surface area contributed by atoms with Crippen molar-refractivity contribution in [2.45, 2.75) is 26.7 Å². The van der Waals surface area contributed by atoms with Gasteiger partial charge >= 0.3 is 0 Å². The number of amides is 1. The summed E-state index contributed by atoms with van der Waals surface area (Å²) >= 11 is 0. The standard InChI is InChI=1S/C18H22N2O2/c1-3-22-15-9-10-17(13(2)12-15)20-18(21)11-8-14-6-4-5-7-16(14)19/h4-7,9-10,12H,3,8,11,19H2,1-2H3,(H,20,21). The average Bonchev–Trinajstić information content (AvgIpc) is 2.49. The van der Waals surface area contributed by atoms with Gasteiger partial charge in [-0.15, -0.1) is 0 Å². The lowest BCUT2D eigenvalue weighted by atomic mass is 10.1. The van der Waals surface area contributed by atoms with E-state index >= 15 is 0 Å². The van der Waals surface area contributed by atoms with Crippen molar-refractivity contribution in [3.05, 3.63) is 53.6 Å². The summed E-state index contributed by atoms with van der Waals surface area (Å²) in [6.45, 7) is 4.53. The Kier molecular flexibility index (Phi) is 5.42. The van der Waals surface area contributed by atoms with Crippen molar-refractivity contribution in [1.29, 1.82) is 0 Å². The molecular weight excluding hydrogens is 276 g/mol. The van der Waals surface area contributed by atoms with Crippen molar-refractivity contribution in [2.75, 3.05) is 17.7 Å². The van der Waals surface area contributed by atoms with Crippen LogP contribution in [-0.4, -0.2) is 12.5 Å². The topological polar surface area (TPSA) is 64.3 Å². The molecule has 0 saturated heterocycles. The van der Waals surface area contributed by atoms with Gasteiger partial charge in [0.15, 0.2) is 0 Å². The summed E-state index contributed by atoms with van der Waals surface area (Å²) < 4.78 is 5.44. The van der Waals surface area contributed by atoms with Gasteiger partial charge in [0.1, 0.15) is 5.75 Å². The maximum absolute atomic E-state index is 12.1. The number of nitrogen functional groups attached to an aromatic ring is 1. The SMILES string of the molecule is CCOc1ccc(NC(=O)CCc2ccccc2N)c(C)c1. The van der Waals surface area contributed by atoms with Crippen LogP contribution in [0.15, 0.2) is 42.5 Å². The number of aryl methyl sites for hydroxylation is 2. The molecule has 0 radical (unpaired) electrons. The number of anilines is 2. The molecule has 0 bridgehead atoms.